The Morgan fingerprint density at radius 1 is 1.52 bits per heavy atom. The van der Waals surface area contributed by atoms with Gasteiger partial charge in [0.25, 0.3) is 0 Å². The number of carbonyl (C=O) groups is 1. The summed E-state index contributed by atoms with van der Waals surface area (Å²) in [5.74, 6) is 0.999. The van der Waals surface area contributed by atoms with Crippen molar-refractivity contribution in [2.75, 3.05) is 26.7 Å². The maximum absolute atomic E-state index is 11.7. The second kappa shape index (κ2) is 7.66. The molecule has 2 heterocycles. The van der Waals surface area contributed by atoms with Crippen molar-refractivity contribution in [2.45, 2.75) is 32.4 Å². The van der Waals surface area contributed by atoms with Gasteiger partial charge < -0.3 is 15.5 Å². The molecule has 2 N–H and O–H groups in total. The van der Waals surface area contributed by atoms with Crippen LogP contribution in [-0.4, -0.2) is 59.3 Å². The fourth-order valence-corrected chi connectivity index (χ4v) is 2.44. The van der Waals surface area contributed by atoms with Crippen molar-refractivity contribution in [1.82, 2.24) is 25.3 Å². The van der Waals surface area contributed by atoms with E-state index in [1.165, 1.54) is 0 Å². The summed E-state index contributed by atoms with van der Waals surface area (Å²) in [6.07, 6.45) is 5.24. The smallest absolute Gasteiger partial charge is 0.222 e. The van der Waals surface area contributed by atoms with Crippen LogP contribution < -0.4 is 10.6 Å². The van der Waals surface area contributed by atoms with Crippen molar-refractivity contribution in [2.24, 2.45) is 4.99 Å². The minimum atomic E-state index is 0.223. The second-order valence-corrected chi connectivity index (χ2v) is 5.09. The van der Waals surface area contributed by atoms with Gasteiger partial charge in [-0.1, -0.05) is 6.92 Å². The van der Waals surface area contributed by atoms with E-state index in [9.17, 15) is 4.79 Å². The molecule has 1 atom stereocenters. The van der Waals surface area contributed by atoms with Crippen LogP contribution >= 0.6 is 0 Å². The summed E-state index contributed by atoms with van der Waals surface area (Å²) < 4.78 is 1.87. The molecule has 1 fully saturated rings. The van der Waals surface area contributed by atoms with Crippen LogP contribution in [0.15, 0.2) is 23.5 Å². The third-order valence-corrected chi connectivity index (χ3v) is 3.60. The average molecular weight is 292 g/mol. The largest absolute Gasteiger partial charge is 0.355 e. The molecule has 0 aliphatic carbocycles. The van der Waals surface area contributed by atoms with E-state index in [1.807, 2.05) is 28.8 Å². The number of guanidine groups is 1. The molecule has 1 aliphatic heterocycles. The Labute approximate surface area is 125 Å². The summed E-state index contributed by atoms with van der Waals surface area (Å²) in [5, 5.41) is 10.8. The van der Waals surface area contributed by atoms with E-state index < -0.39 is 0 Å². The Balaban J connectivity index is 1.72. The summed E-state index contributed by atoms with van der Waals surface area (Å²) in [6, 6.07) is 2.18. The van der Waals surface area contributed by atoms with Gasteiger partial charge in [-0.2, -0.15) is 5.10 Å². The maximum atomic E-state index is 11.7. The summed E-state index contributed by atoms with van der Waals surface area (Å²) >= 11 is 0. The van der Waals surface area contributed by atoms with Crippen molar-refractivity contribution in [3.63, 3.8) is 0 Å². The number of aliphatic imine (C=N–C) groups is 1. The molecule has 1 saturated heterocycles. The number of hydrogen-bond donors (Lipinski definition) is 2. The van der Waals surface area contributed by atoms with Gasteiger partial charge in [-0.05, 0) is 12.5 Å². The van der Waals surface area contributed by atoms with Crippen LogP contribution in [0.4, 0.5) is 0 Å². The lowest BCUT2D eigenvalue weighted by atomic mass is 10.3. The van der Waals surface area contributed by atoms with E-state index in [1.54, 1.807) is 13.2 Å². The van der Waals surface area contributed by atoms with Crippen molar-refractivity contribution < 1.29 is 4.79 Å². The third-order valence-electron chi connectivity index (χ3n) is 3.60. The van der Waals surface area contributed by atoms with Crippen LogP contribution in [0.25, 0.3) is 0 Å². The monoisotopic (exact) mass is 292 g/mol. The molecule has 1 aliphatic rings. The number of rotatable bonds is 5. The van der Waals surface area contributed by atoms with Gasteiger partial charge in [-0.3, -0.25) is 14.5 Å². The van der Waals surface area contributed by atoms with E-state index in [4.69, 9.17) is 0 Å². The van der Waals surface area contributed by atoms with Crippen LogP contribution in [0.3, 0.4) is 0 Å². The second-order valence-electron chi connectivity index (χ2n) is 5.09. The molecule has 0 bridgehead atoms. The quantitative estimate of drug-likeness (QED) is 0.594. The van der Waals surface area contributed by atoms with Crippen molar-refractivity contribution in [3.8, 4) is 0 Å². The van der Waals surface area contributed by atoms with E-state index in [2.05, 4.69) is 20.7 Å². The SMILES string of the molecule is CCC(=O)N1CCC(NC(=NC)NCCn2cccn2)C1. The van der Waals surface area contributed by atoms with E-state index >= 15 is 0 Å². The summed E-state index contributed by atoms with van der Waals surface area (Å²) in [7, 11) is 1.76. The predicted molar refractivity (Wildman–Crippen MR) is 82.0 cm³/mol. The summed E-state index contributed by atoms with van der Waals surface area (Å²) in [4.78, 5) is 17.8. The molecule has 21 heavy (non-hydrogen) atoms. The van der Waals surface area contributed by atoms with Gasteiger partial charge >= 0.3 is 0 Å². The molecule has 0 spiro atoms. The molecule has 0 aromatic carbocycles. The van der Waals surface area contributed by atoms with Crippen LogP contribution in [0.2, 0.25) is 0 Å². The Bertz CT molecular complexity index is 470. The first kappa shape index (κ1) is 15.3. The zero-order valence-corrected chi connectivity index (χ0v) is 12.7. The number of hydrogen-bond acceptors (Lipinski definition) is 3. The topological polar surface area (TPSA) is 74.6 Å². The van der Waals surface area contributed by atoms with Crippen molar-refractivity contribution in [3.05, 3.63) is 18.5 Å². The predicted octanol–water partition coefficient (Wildman–Crippen LogP) is 0.0590. The van der Waals surface area contributed by atoms with Crippen LogP contribution in [-0.2, 0) is 11.3 Å². The highest BCUT2D eigenvalue weighted by Gasteiger charge is 2.25. The molecule has 1 aromatic heterocycles. The number of likely N-dealkylation sites (tertiary alicyclic amines) is 1. The third kappa shape index (κ3) is 4.47. The number of nitrogens with zero attached hydrogens (tertiary/aromatic N) is 4. The van der Waals surface area contributed by atoms with Gasteiger partial charge in [0.05, 0.1) is 6.54 Å². The molecule has 0 saturated carbocycles. The van der Waals surface area contributed by atoms with Gasteiger partial charge in [0.15, 0.2) is 5.96 Å². The summed E-state index contributed by atoms with van der Waals surface area (Å²) in [5.41, 5.74) is 0. The zero-order valence-electron chi connectivity index (χ0n) is 12.7. The Hall–Kier alpha value is -2.05. The van der Waals surface area contributed by atoms with Gasteiger partial charge in [0.1, 0.15) is 0 Å². The number of amides is 1. The first-order chi connectivity index (χ1) is 10.2. The molecule has 7 nitrogen and oxygen atoms in total. The highest BCUT2D eigenvalue weighted by atomic mass is 16.2. The van der Waals surface area contributed by atoms with Crippen molar-refractivity contribution in [1.29, 1.82) is 0 Å². The molecule has 1 unspecified atom stereocenters. The minimum absolute atomic E-state index is 0.223. The first-order valence-electron chi connectivity index (χ1n) is 7.45. The van der Waals surface area contributed by atoms with Gasteiger partial charge in [-0.25, -0.2) is 0 Å². The molecular weight excluding hydrogens is 268 g/mol. The number of aromatic nitrogens is 2. The van der Waals surface area contributed by atoms with Gasteiger partial charge in [0.2, 0.25) is 5.91 Å². The molecular formula is C14H24N6O. The lowest BCUT2D eigenvalue weighted by Crippen LogP contribution is -2.45. The van der Waals surface area contributed by atoms with E-state index in [-0.39, 0.29) is 11.9 Å². The van der Waals surface area contributed by atoms with E-state index in [0.717, 1.165) is 38.6 Å². The highest BCUT2D eigenvalue weighted by molar-refractivity contribution is 5.80. The highest BCUT2D eigenvalue weighted by Crippen LogP contribution is 2.10. The average Bonchev–Trinajstić information content (AvgIpc) is 3.16. The van der Waals surface area contributed by atoms with Crippen LogP contribution in [0, 0.1) is 0 Å². The van der Waals surface area contributed by atoms with Crippen LogP contribution in [0.5, 0.6) is 0 Å². The fourth-order valence-electron chi connectivity index (χ4n) is 2.44. The van der Waals surface area contributed by atoms with Crippen molar-refractivity contribution >= 4 is 11.9 Å². The van der Waals surface area contributed by atoms with Crippen LogP contribution in [0.1, 0.15) is 19.8 Å². The molecule has 7 heteroatoms. The van der Waals surface area contributed by atoms with Gasteiger partial charge in [-0.15, -0.1) is 0 Å². The Kier molecular flexibility index (Phi) is 5.59. The normalized spacial score (nSPS) is 18.9. The first-order valence-corrected chi connectivity index (χ1v) is 7.45. The molecule has 2 rings (SSSR count). The van der Waals surface area contributed by atoms with Gasteiger partial charge in [0, 0.05) is 51.5 Å². The molecule has 1 aromatic rings. The Morgan fingerprint density at radius 2 is 2.38 bits per heavy atom. The fraction of sp³-hybridized carbons (Fsp3) is 0.643. The number of carbonyl (C=O) groups excluding carboxylic acids is 1. The lowest BCUT2D eigenvalue weighted by Gasteiger charge is -2.18. The lowest BCUT2D eigenvalue weighted by molar-refractivity contribution is -0.129. The molecule has 1 amide bonds. The molecule has 116 valence electrons. The van der Waals surface area contributed by atoms with E-state index in [0.29, 0.717) is 6.42 Å². The maximum Gasteiger partial charge on any atom is 0.222 e. The Morgan fingerprint density at radius 3 is 3.05 bits per heavy atom. The number of nitrogens with one attached hydrogen (secondary N) is 2. The zero-order chi connectivity index (χ0) is 15.1. The standard InChI is InChI=1S/C14H24N6O/c1-3-13(21)19-9-5-12(11-19)18-14(15-2)16-7-10-20-8-4-6-17-20/h4,6,8,12H,3,5,7,9-11H2,1-2H3,(H2,15,16,18). The molecule has 0 radical (unpaired) electrons. The summed E-state index contributed by atoms with van der Waals surface area (Å²) in [6.45, 7) is 5.03. The minimum Gasteiger partial charge on any atom is -0.355 e.